The number of aryl methyl sites for hydroxylation is 1. The molecular weight excluding hydrogens is 254 g/mol. The Kier molecular flexibility index (Phi) is 2.80. The second-order valence-corrected chi connectivity index (χ2v) is 5.49. The number of fused-ring (bicyclic) bond motifs is 2. The Labute approximate surface area is 117 Å². The highest BCUT2D eigenvalue weighted by Gasteiger charge is 2.22. The fourth-order valence-corrected chi connectivity index (χ4v) is 3.28. The number of nitrogens with zero attached hydrogens (tertiary/aromatic N) is 2. The van der Waals surface area contributed by atoms with Crippen molar-refractivity contribution in [2.24, 2.45) is 0 Å². The molecule has 106 valence electrons. The lowest BCUT2D eigenvalue weighted by Gasteiger charge is -2.26. The van der Waals surface area contributed by atoms with Crippen LogP contribution in [0.3, 0.4) is 0 Å². The summed E-state index contributed by atoms with van der Waals surface area (Å²) >= 11 is 0. The zero-order valence-corrected chi connectivity index (χ0v) is 11.7. The van der Waals surface area contributed by atoms with E-state index in [2.05, 4.69) is 22.9 Å². The number of ether oxygens (including phenoxy) is 2. The molecule has 0 saturated carbocycles. The van der Waals surface area contributed by atoms with Crippen LogP contribution in [0.15, 0.2) is 12.1 Å². The molecule has 3 heterocycles. The van der Waals surface area contributed by atoms with E-state index in [0.717, 1.165) is 48.8 Å². The van der Waals surface area contributed by atoms with Crippen LogP contribution in [0.5, 0.6) is 11.5 Å². The molecule has 5 nitrogen and oxygen atoms in total. The molecule has 1 N–H and O–H groups in total. The van der Waals surface area contributed by atoms with Crippen molar-refractivity contribution >= 4 is 11.0 Å². The van der Waals surface area contributed by atoms with E-state index in [9.17, 15) is 0 Å². The first-order valence-electron chi connectivity index (χ1n) is 7.32. The van der Waals surface area contributed by atoms with E-state index in [0.29, 0.717) is 19.3 Å². The highest BCUT2D eigenvalue weighted by molar-refractivity contribution is 5.81. The summed E-state index contributed by atoms with van der Waals surface area (Å²) in [7, 11) is 0. The molecule has 0 spiro atoms. The minimum atomic E-state index is 0.531. The first-order chi connectivity index (χ1) is 9.83. The lowest BCUT2D eigenvalue weighted by Crippen LogP contribution is -2.29. The zero-order valence-electron chi connectivity index (χ0n) is 11.7. The molecule has 0 aliphatic carbocycles. The SMILES string of the molecule is Cc1nc2cc3c(cc2n1C1CCNCC1)OCCO3. The predicted octanol–water partition coefficient (Wildman–Crippen LogP) is 2.04. The molecular formula is C15H19N3O2. The molecule has 2 aliphatic heterocycles. The third kappa shape index (κ3) is 1.85. The standard InChI is InChI=1S/C15H19N3O2/c1-10-17-12-8-14-15(20-7-6-19-14)9-13(12)18(10)11-2-4-16-5-3-11/h8-9,11,16H,2-7H2,1H3. The van der Waals surface area contributed by atoms with Gasteiger partial charge >= 0.3 is 0 Å². The summed E-state index contributed by atoms with van der Waals surface area (Å²) in [5, 5.41) is 3.42. The first kappa shape index (κ1) is 12.0. The first-order valence-corrected chi connectivity index (χ1v) is 7.32. The highest BCUT2D eigenvalue weighted by atomic mass is 16.6. The van der Waals surface area contributed by atoms with Gasteiger partial charge in [-0.3, -0.25) is 0 Å². The molecule has 0 unspecified atom stereocenters. The van der Waals surface area contributed by atoms with Gasteiger partial charge in [-0.05, 0) is 32.9 Å². The van der Waals surface area contributed by atoms with E-state index in [-0.39, 0.29) is 0 Å². The highest BCUT2D eigenvalue weighted by Crippen LogP contribution is 2.36. The second-order valence-electron chi connectivity index (χ2n) is 5.49. The van der Waals surface area contributed by atoms with Gasteiger partial charge in [0.2, 0.25) is 0 Å². The van der Waals surface area contributed by atoms with Gasteiger partial charge in [-0.15, -0.1) is 0 Å². The van der Waals surface area contributed by atoms with Gasteiger partial charge in [0.1, 0.15) is 19.0 Å². The van der Waals surface area contributed by atoms with Crippen molar-refractivity contribution < 1.29 is 9.47 Å². The minimum absolute atomic E-state index is 0.531. The van der Waals surface area contributed by atoms with Gasteiger partial charge in [0.05, 0.1) is 11.0 Å². The van der Waals surface area contributed by atoms with Crippen LogP contribution in [0.25, 0.3) is 11.0 Å². The molecule has 0 amide bonds. The lowest BCUT2D eigenvalue weighted by molar-refractivity contribution is 0.172. The summed E-state index contributed by atoms with van der Waals surface area (Å²) in [4.78, 5) is 4.70. The molecule has 0 radical (unpaired) electrons. The van der Waals surface area contributed by atoms with Crippen LogP contribution in [-0.4, -0.2) is 35.9 Å². The van der Waals surface area contributed by atoms with Crippen LogP contribution in [0.1, 0.15) is 24.7 Å². The summed E-state index contributed by atoms with van der Waals surface area (Å²) in [5.41, 5.74) is 2.17. The maximum absolute atomic E-state index is 5.70. The van der Waals surface area contributed by atoms with Crippen LogP contribution < -0.4 is 14.8 Å². The Bertz CT molecular complexity index is 644. The van der Waals surface area contributed by atoms with E-state index < -0.39 is 0 Å². The fourth-order valence-electron chi connectivity index (χ4n) is 3.28. The van der Waals surface area contributed by atoms with Crippen molar-refractivity contribution in [1.29, 1.82) is 0 Å². The van der Waals surface area contributed by atoms with Gasteiger partial charge in [0.15, 0.2) is 11.5 Å². The maximum Gasteiger partial charge on any atom is 0.163 e. The largest absolute Gasteiger partial charge is 0.486 e. The second kappa shape index (κ2) is 4.66. The Morgan fingerprint density at radius 3 is 2.60 bits per heavy atom. The van der Waals surface area contributed by atoms with Crippen LogP contribution in [-0.2, 0) is 0 Å². The molecule has 4 rings (SSSR count). The number of hydrogen-bond acceptors (Lipinski definition) is 4. The quantitative estimate of drug-likeness (QED) is 0.864. The number of hydrogen-bond donors (Lipinski definition) is 1. The molecule has 5 heteroatoms. The normalized spacial score (nSPS) is 19.4. The van der Waals surface area contributed by atoms with E-state index >= 15 is 0 Å². The summed E-state index contributed by atoms with van der Waals surface area (Å²) in [5.74, 6) is 2.74. The summed E-state index contributed by atoms with van der Waals surface area (Å²) in [6, 6.07) is 4.63. The molecule has 2 aromatic rings. The Morgan fingerprint density at radius 2 is 1.85 bits per heavy atom. The molecule has 1 fully saturated rings. The van der Waals surface area contributed by atoms with Crippen LogP contribution in [0.4, 0.5) is 0 Å². The summed E-state index contributed by atoms with van der Waals surface area (Å²) in [6.07, 6.45) is 2.31. The van der Waals surface area contributed by atoms with E-state index in [1.807, 2.05) is 6.07 Å². The lowest BCUT2D eigenvalue weighted by atomic mass is 10.1. The summed E-state index contributed by atoms with van der Waals surface area (Å²) in [6.45, 7) is 5.48. The average molecular weight is 273 g/mol. The summed E-state index contributed by atoms with van der Waals surface area (Å²) < 4.78 is 13.7. The number of imidazole rings is 1. The van der Waals surface area contributed by atoms with Crippen molar-refractivity contribution in [3.63, 3.8) is 0 Å². The number of nitrogens with one attached hydrogen (secondary N) is 1. The van der Waals surface area contributed by atoms with Crippen molar-refractivity contribution in [3.05, 3.63) is 18.0 Å². The van der Waals surface area contributed by atoms with Crippen LogP contribution in [0.2, 0.25) is 0 Å². The number of aromatic nitrogens is 2. The monoisotopic (exact) mass is 273 g/mol. The maximum atomic E-state index is 5.70. The Morgan fingerprint density at radius 1 is 1.15 bits per heavy atom. The van der Waals surface area contributed by atoms with Gasteiger partial charge in [-0.1, -0.05) is 0 Å². The molecule has 20 heavy (non-hydrogen) atoms. The molecule has 0 bridgehead atoms. The topological polar surface area (TPSA) is 48.3 Å². The van der Waals surface area contributed by atoms with Gasteiger partial charge in [-0.2, -0.15) is 0 Å². The van der Waals surface area contributed by atoms with Gasteiger partial charge in [0, 0.05) is 18.2 Å². The molecule has 0 atom stereocenters. The van der Waals surface area contributed by atoms with E-state index in [1.54, 1.807) is 0 Å². The van der Waals surface area contributed by atoms with Gasteiger partial charge in [0.25, 0.3) is 0 Å². The number of piperidine rings is 1. The fraction of sp³-hybridized carbons (Fsp3) is 0.533. The molecule has 1 aromatic heterocycles. The number of benzene rings is 1. The molecule has 2 aliphatic rings. The predicted molar refractivity (Wildman–Crippen MR) is 76.6 cm³/mol. The Hall–Kier alpha value is -1.75. The third-order valence-corrected chi connectivity index (χ3v) is 4.20. The van der Waals surface area contributed by atoms with E-state index in [4.69, 9.17) is 14.5 Å². The van der Waals surface area contributed by atoms with E-state index in [1.165, 1.54) is 5.52 Å². The minimum Gasteiger partial charge on any atom is -0.486 e. The van der Waals surface area contributed by atoms with Gasteiger partial charge < -0.3 is 19.4 Å². The van der Waals surface area contributed by atoms with Crippen molar-refractivity contribution in [2.75, 3.05) is 26.3 Å². The number of rotatable bonds is 1. The van der Waals surface area contributed by atoms with Crippen molar-refractivity contribution in [1.82, 2.24) is 14.9 Å². The van der Waals surface area contributed by atoms with Crippen molar-refractivity contribution in [2.45, 2.75) is 25.8 Å². The van der Waals surface area contributed by atoms with Crippen LogP contribution in [0, 0.1) is 6.92 Å². The average Bonchev–Trinajstić information content (AvgIpc) is 2.80. The van der Waals surface area contributed by atoms with Gasteiger partial charge in [-0.25, -0.2) is 4.98 Å². The zero-order chi connectivity index (χ0) is 13.5. The van der Waals surface area contributed by atoms with Crippen molar-refractivity contribution in [3.8, 4) is 11.5 Å². The smallest absolute Gasteiger partial charge is 0.163 e. The van der Waals surface area contributed by atoms with Crippen LogP contribution >= 0.6 is 0 Å². The molecule has 1 saturated heterocycles. The Balaban J connectivity index is 1.85. The third-order valence-electron chi connectivity index (χ3n) is 4.20. The molecule has 1 aromatic carbocycles.